The van der Waals surface area contributed by atoms with E-state index in [0.717, 1.165) is 58.8 Å². The molecule has 4 heteroatoms. The van der Waals surface area contributed by atoms with Gasteiger partial charge in [-0.15, -0.1) is 47.8 Å². The van der Waals surface area contributed by atoms with Crippen LogP contribution in [-0.4, -0.2) is 9.55 Å². The van der Waals surface area contributed by atoms with Crippen molar-refractivity contribution in [3.8, 4) is 11.4 Å². The van der Waals surface area contributed by atoms with E-state index in [2.05, 4.69) is 142 Å². The number of hydrogen-bond acceptors (Lipinski definition) is 1. The quantitative estimate of drug-likeness (QED) is 0.0539. The molecule has 0 saturated carbocycles. The maximum atomic E-state index is 5.47. The molecule has 0 aliphatic heterocycles. The predicted molar refractivity (Wildman–Crippen MR) is 286 cm³/mol. The van der Waals surface area contributed by atoms with Crippen LogP contribution in [0.5, 0.6) is 0 Å². The number of para-hydroxylation sites is 2. The van der Waals surface area contributed by atoms with Crippen molar-refractivity contribution in [1.82, 2.24) is 9.55 Å². The number of aromatic nitrogens is 2. The molecular formula is C62H79HfN3. The summed E-state index contributed by atoms with van der Waals surface area (Å²) >= 11 is 0. The number of aryl methyl sites for hydroxylation is 1. The van der Waals surface area contributed by atoms with Gasteiger partial charge in [0.2, 0.25) is 0 Å². The second kappa shape index (κ2) is 29.7. The van der Waals surface area contributed by atoms with Crippen LogP contribution in [0.25, 0.3) is 27.7 Å². The predicted octanol–water partition coefficient (Wildman–Crippen LogP) is 19.3. The van der Waals surface area contributed by atoms with Crippen molar-refractivity contribution in [2.45, 2.75) is 144 Å². The Hall–Kier alpha value is -4.93. The van der Waals surface area contributed by atoms with Crippen LogP contribution in [0.4, 0.5) is 11.4 Å². The summed E-state index contributed by atoms with van der Waals surface area (Å²) in [7, 11) is 0. The minimum Gasteiger partial charge on any atom is -0.656 e. The van der Waals surface area contributed by atoms with E-state index in [-0.39, 0.29) is 25.8 Å². The van der Waals surface area contributed by atoms with Crippen molar-refractivity contribution in [2.24, 2.45) is 0 Å². The molecule has 0 radical (unpaired) electrons. The summed E-state index contributed by atoms with van der Waals surface area (Å²) < 4.78 is 2.48. The molecule has 1 heterocycles. The molecule has 0 spiro atoms. The third kappa shape index (κ3) is 17.4. The molecular weight excluding hydrogens is 965 g/mol. The Morgan fingerprint density at radius 1 is 0.515 bits per heavy atom. The molecule has 7 aromatic rings. The van der Waals surface area contributed by atoms with E-state index in [1.807, 2.05) is 91.0 Å². The van der Waals surface area contributed by atoms with Gasteiger partial charge < -0.3 is 9.88 Å². The summed E-state index contributed by atoms with van der Waals surface area (Å²) in [5, 5.41) is 5.42. The number of benzene rings is 6. The molecule has 1 unspecified atom stereocenters. The van der Waals surface area contributed by atoms with Crippen LogP contribution in [0, 0.1) is 20.8 Å². The number of imidazole rings is 1. The smallest absolute Gasteiger partial charge is 0.656 e. The van der Waals surface area contributed by atoms with Gasteiger partial charge in [-0.1, -0.05) is 160 Å². The van der Waals surface area contributed by atoms with Gasteiger partial charge in [0.05, 0.1) is 11.0 Å². The fraction of sp³-hybridized carbons (Fsp3) is 0.355. The first-order valence-corrected chi connectivity index (χ1v) is 24.5. The maximum Gasteiger partial charge on any atom is 4.00 e. The molecule has 0 aliphatic rings. The maximum absolute atomic E-state index is 5.47. The minimum absolute atomic E-state index is 0. The summed E-state index contributed by atoms with van der Waals surface area (Å²) in [6.45, 7) is 32.9. The molecule has 0 amide bonds. The van der Waals surface area contributed by atoms with E-state index >= 15 is 0 Å². The number of unbranched alkanes of at least 4 members (excludes halogenated alkanes) is 3. The SMILES string of the molecule is CCCCC[C@H](C)c1cc(-c2nc3c([N-]c4c(C(C)C)cccc4C(C)C)cccc3n2CCCC)cc(C(C)CCC)c1.[CH2-]c1ccccc1.[CH2-]c1ccccc1.[CH2-]c1ccccc1.[Hf+4]. The number of rotatable bonds is 16. The molecule has 0 N–H and O–H groups in total. The molecule has 2 atom stereocenters. The molecule has 0 aliphatic carbocycles. The van der Waals surface area contributed by atoms with Gasteiger partial charge in [0, 0.05) is 12.1 Å². The second-order valence-corrected chi connectivity index (χ2v) is 18.2. The van der Waals surface area contributed by atoms with Crippen LogP contribution >= 0.6 is 0 Å². The van der Waals surface area contributed by atoms with Gasteiger partial charge in [0.1, 0.15) is 5.82 Å². The third-order valence-corrected chi connectivity index (χ3v) is 11.9. The molecule has 7 rings (SSSR count). The van der Waals surface area contributed by atoms with E-state index in [1.54, 1.807) is 0 Å². The minimum atomic E-state index is 0. The van der Waals surface area contributed by atoms with E-state index in [9.17, 15) is 0 Å². The Kier molecular flexibility index (Phi) is 24.9. The Labute approximate surface area is 421 Å². The number of hydrogen-bond donors (Lipinski definition) is 0. The van der Waals surface area contributed by atoms with Crippen LogP contribution in [-0.2, 0) is 32.4 Å². The molecule has 0 bridgehead atoms. The van der Waals surface area contributed by atoms with Crippen LogP contribution < -0.4 is 0 Å². The first-order valence-electron chi connectivity index (χ1n) is 24.5. The van der Waals surface area contributed by atoms with Gasteiger partial charge in [-0.3, -0.25) is 0 Å². The molecule has 0 fully saturated rings. The van der Waals surface area contributed by atoms with Crippen LogP contribution in [0.1, 0.15) is 176 Å². The van der Waals surface area contributed by atoms with Gasteiger partial charge in [-0.2, -0.15) is 73.9 Å². The van der Waals surface area contributed by atoms with Crippen molar-refractivity contribution in [2.75, 3.05) is 0 Å². The molecule has 3 nitrogen and oxygen atoms in total. The summed E-state index contributed by atoms with van der Waals surface area (Å²) in [6.07, 6.45) is 9.77. The molecule has 1 aromatic heterocycles. The molecule has 346 valence electrons. The van der Waals surface area contributed by atoms with Crippen molar-refractivity contribution in [3.63, 3.8) is 0 Å². The van der Waals surface area contributed by atoms with Crippen LogP contribution in [0.2, 0.25) is 0 Å². The normalized spacial score (nSPS) is 11.6. The average Bonchev–Trinajstić information content (AvgIpc) is 3.69. The van der Waals surface area contributed by atoms with Crippen molar-refractivity contribution in [3.05, 3.63) is 211 Å². The van der Waals surface area contributed by atoms with Gasteiger partial charge in [-0.25, -0.2) is 4.98 Å². The largest absolute Gasteiger partial charge is 4.00 e. The standard InChI is InChI=1S/C41H58N3.3C7H7.Hf/c1-10-13-15-19-31(9)33-25-32(30(8)18-12-3)26-34(27-33)41-43-40-37(22-17-23-38(40)44(41)24-14-11-2)42-39-35(28(4)5)20-16-21-36(39)29(6)7;3*1-7-5-3-2-4-6-7;/h16-17,20-23,25-31H,10-15,18-19,24H2,1-9H3;3*2-6H,1H2;/q4*-1;+4/t30?,31-;;;;/m0..../s1. The fourth-order valence-electron chi connectivity index (χ4n) is 8.02. The molecule has 66 heavy (non-hydrogen) atoms. The summed E-state index contributed by atoms with van der Waals surface area (Å²) in [4.78, 5) is 5.47. The average molecular weight is 1040 g/mol. The van der Waals surface area contributed by atoms with Gasteiger partial charge in [0.15, 0.2) is 0 Å². The number of nitrogens with zero attached hydrogens (tertiary/aromatic N) is 3. The monoisotopic (exact) mass is 1050 g/mol. The van der Waals surface area contributed by atoms with Gasteiger partial charge in [-0.05, 0) is 72.3 Å². The third-order valence-electron chi connectivity index (χ3n) is 11.9. The van der Waals surface area contributed by atoms with Gasteiger partial charge in [0.25, 0.3) is 0 Å². The Morgan fingerprint density at radius 3 is 1.41 bits per heavy atom. The Bertz CT molecular complexity index is 2260. The van der Waals surface area contributed by atoms with E-state index in [4.69, 9.17) is 10.3 Å². The van der Waals surface area contributed by atoms with Crippen LogP contribution in [0.15, 0.2) is 146 Å². The van der Waals surface area contributed by atoms with Crippen molar-refractivity contribution in [1.29, 1.82) is 0 Å². The van der Waals surface area contributed by atoms with E-state index in [0.29, 0.717) is 23.7 Å². The summed E-state index contributed by atoms with van der Waals surface area (Å²) in [5.41, 5.74) is 14.3. The van der Waals surface area contributed by atoms with Crippen LogP contribution in [0.3, 0.4) is 0 Å². The zero-order valence-electron chi connectivity index (χ0n) is 42.0. The second-order valence-electron chi connectivity index (χ2n) is 18.2. The Balaban J connectivity index is 0.000000424. The van der Waals surface area contributed by atoms with Crippen molar-refractivity contribution >= 4 is 22.4 Å². The zero-order chi connectivity index (χ0) is 47.1. The zero-order valence-corrected chi connectivity index (χ0v) is 45.6. The molecule has 6 aromatic carbocycles. The number of fused-ring (bicyclic) bond motifs is 1. The van der Waals surface area contributed by atoms with E-state index in [1.165, 1.54) is 71.9 Å². The Morgan fingerprint density at radius 2 is 0.985 bits per heavy atom. The van der Waals surface area contributed by atoms with E-state index < -0.39 is 0 Å². The molecule has 0 saturated heterocycles. The first kappa shape index (κ1) is 55.4. The fourth-order valence-corrected chi connectivity index (χ4v) is 8.02. The van der Waals surface area contributed by atoms with Gasteiger partial charge >= 0.3 is 25.8 Å². The topological polar surface area (TPSA) is 31.9 Å². The first-order chi connectivity index (χ1) is 31.4. The van der Waals surface area contributed by atoms with Crippen molar-refractivity contribution < 1.29 is 25.8 Å². The summed E-state index contributed by atoms with van der Waals surface area (Å²) in [5.74, 6) is 2.95. The summed E-state index contributed by atoms with van der Waals surface area (Å²) in [6, 6.07) is 50.3.